The molecule has 0 atom stereocenters. The number of pyridine rings is 1. The van der Waals surface area contributed by atoms with E-state index in [0.29, 0.717) is 11.1 Å². The highest BCUT2D eigenvalue weighted by Crippen LogP contribution is 2.36. The van der Waals surface area contributed by atoms with Crippen LogP contribution in [-0.2, 0) is 10.9 Å². The largest absolute Gasteiger partial charge is 0.461 e. The lowest BCUT2D eigenvalue weighted by Gasteiger charge is -2.11. The lowest BCUT2D eigenvalue weighted by atomic mass is 10.0. The third-order valence-corrected chi connectivity index (χ3v) is 3.56. The van der Waals surface area contributed by atoms with E-state index in [4.69, 9.17) is 4.74 Å². The summed E-state index contributed by atoms with van der Waals surface area (Å²) in [5, 5.41) is 10.0. The molecule has 0 amide bonds. The van der Waals surface area contributed by atoms with Crippen molar-refractivity contribution in [3.05, 3.63) is 53.9 Å². The standard InChI is InChI=1S/C17H13F3N4O2/c1-2-26-16(25)15-14(22-24-23-15)11-7-5-10(6-8-11)13-12(17(18,19)20)4-3-9-21-13/h3-9H,2H2,1H3,(H,22,23,24). The van der Waals surface area contributed by atoms with Crippen LogP contribution in [0.2, 0.25) is 0 Å². The number of rotatable bonds is 4. The van der Waals surface area contributed by atoms with Gasteiger partial charge in [0.15, 0.2) is 5.69 Å². The highest BCUT2D eigenvalue weighted by atomic mass is 19.4. The zero-order valence-electron chi connectivity index (χ0n) is 13.5. The topological polar surface area (TPSA) is 80.8 Å². The molecule has 2 heterocycles. The number of halogens is 3. The molecule has 0 aliphatic heterocycles. The monoisotopic (exact) mass is 362 g/mol. The summed E-state index contributed by atoms with van der Waals surface area (Å²) in [7, 11) is 0. The third-order valence-electron chi connectivity index (χ3n) is 3.56. The Morgan fingerprint density at radius 3 is 2.35 bits per heavy atom. The van der Waals surface area contributed by atoms with Crippen LogP contribution in [0.25, 0.3) is 22.5 Å². The van der Waals surface area contributed by atoms with Gasteiger partial charge in [0, 0.05) is 17.3 Å². The summed E-state index contributed by atoms with van der Waals surface area (Å²) in [5.41, 5.74) is 0.0806. The molecule has 0 saturated heterocycles. The van der Waals surface area contributed by atoms with E-state index in [-0.39, 0.29) is 23.7 Å². The van der Waals surface area contributed by atoms with Gasteiger partial charge in [0.1, 0.15) is 5.69 Å². The maximum atomic E-state index is 13.1. The molecular weight excluding hydrogens is 349 g/mol. The minimum Gasteiger partial charge on any atom is -0.461 e. The number of hydrogen-bond donors (Lipinski definition) is 1. The van der Waals surface area contributed by atoms with Gasteiger partial charge in [0.05, 0.1) is 17.9 Å². The molecule has 0 unspecified atom stereocenters. The van der Waals surface area contributed by atoms with Crippen LogP contribution in [0.15, 0.2) is 42.6 Å². The minimum absolute atomic E-state index is 0.00779. The Balaban J connectivity index is 1.97. The van der Waals surface area contributed by atoms with Crippen LogP contribution in [0.5, 0.6) is 0 Å². The van der Waals surface area contributed by atoms with E-state index < -0.39 is 17.7 Å². The number of benzene rings is 1. The predicted molar refractivity (Wildman–Crippen MR) is 86.0 cm³/mol. The van der Waals surface area contributed by atoms with Gasteiger partial charge in [-0.1, -0.05) is 24.3 Å². The third kappa shape index (κ3) is 3.41. The summed E-state index contributed by atoms with van der Waals surface area (Å²) < 4.78 is 44.3. The van der Waals surface area contributed by atoms with E-state index in [0.717, 1.165) is 6.07 Å². The number of ether oxygens (including phenoxy) is 1. The van der Waals surface area contributed by atoms with Gasteiger partial charge < -0.3 is 4.74 Å². The normalized spacial score (nSPS) is 11.4. The summed E-state index contributed by atoms with van der Waals surface area (Å²) in [6, 6.07) is 8.27. The quantitative estimate of drug-likeness (QED) is 0.716. The van der Waals surface area contributed by atoms with Crippen LogP contribution in [0, 0.1) is 0 Å². The molecule has 26 heavy (non-hydrogen) atoms. The Hall–Kier alpha value is -3.23. The second-order valence-electron chi connectivity index (χ2n) is 5.22. The molecule has 0 aliphatic carbocycles. The van der Waals surface area contributed by atoms with Crippen molar-refractivity contribution >= 4 is 5.97 Å². The summed E-state index contributed by atoms with van der Waals surface area (Å²) in [4.78, 5) is 15.7. The van der Waals surface area contributed by atoms with Crippen molar-refractivity contribution in [2.24, 2.45) is 0 Å². The van der Waals surface area contributed by atoms with E-state index in [1.807, 2.05) is 0 Å². The second kappa shape index (κ2) is 6.95. The zero-order valence-corrected chi connectivity index (χ0v) is 13.5. The first-order valence-corrected chi connectivity index (χ1v) is 7.62. The van der Waals surface area contributed by atoms with Gasteiger partial charge in [-0.15, -0.1) is 5.10 Å². The number of H-pyrrole nitrogens is 1. The van der Waals surface area contributed by atoms with E-state index in [1.165, 1.54) is 24.4 Å². The van der Waals surface area contributed by atoms with Crippen molar-refractivity contribution in [2.75, 3.05) is 6.61 Å². The molecule has 0 spiro atoms. The lowest BCUT2D eigenvalue weighted by Crippen LogP contribution is -2.08. The molecular formula is C17H13F3N4O2. The lowest BCUT2D eigenvalue weighted by molar-refractivity contribution is -0.137. The maximum absolute atomic E-state index is 13.1. The second-order valence-corrected chi connectivity index (χ2v) is 5.22. The first-order valence-electron chi connectivity index (χ1n) is 7.62. The molecule has 0 fully saturated rings. The summed E-state index contributed by atoms with van der Waals surface area (Å²) in [5.74, 6) is -0.635. The number of esters is 1. The van der Waals surface area contributed by atoms with Gasteiger partial charge in [0.2, 0.25) is 0 Å². The number of aromatic amines is 1. The van der Waals surface area contributed by atoms with Crippen LogP contribution < -0.4 is 0 Å². The van der Waals surface area contributed by atoms with E-state index in [1.54, 1.807) is 19.1 Å². The van der Waals surface area contributed by atoms with E-state index in [9.17, 15) is 18.0 Å². The van der Waals surface area contributed by atoms with Crippen molar-refractivity contribution in [1.82, 2.24) is 20.4 Å². The Kier molecular flexibility index (Phi) is 4.70. The van der Waals surface area contributed by atoms with Crippen LogP contribution in [0.4, 0.5) is 13.2 Å². The van der Waals surface area contributed by atoms with Crippen molar-refractivity contribution in [3.8, 4) is 22.5 Å². The highest BCUT2D eigenvalue weighted by molar-refractivity contribution is 5.94. The molecule has 0 aliphatic rings. The smallest absolute Gasteiger partial charge is 0.418 e. The van der Waals surface area contributed by atoms with Gasteiger partial charge in [-0.2, -0.15) is 23.5 Å². The number of aromatic nitrogens is 4. The van der Waals surface area contributed by atoms with Crippen LogP contribution >= 0.6 is 0 Å². The Morgan fingerprint density at radius 1 is 1.08 bits per heavy atom. The van der Waals surface area contributed by atoms with Gasteiger partial charge in [-0.05, 0) is 19.1 Å². The van der Waals surface area contributed by atoms with Crippen molar-refractivity contribution in [1.29, 1.82) is 0 Å². The number of nitrogens with zero attached hydrogens (tertiary/aromatic N) is 3. The first kappa shape index (κ1) is 17.6. The maximum Gasteiger partial charge on any atom is 0.418 e. The van der Waals surface area contributed by atoms with Gasteiger partial charge in [0.25, 0.3) is 0 Å². The summed E-state index contributed by atoms with van der Waals surface area (Å²) in [6.07, 6.45) is -3.21. The molecule has 3 aromatic rings. The number of hydrogen-bond acceptors (Lipinski definition) is 5. The van der Waals surface area contributed by atoms with Crippen LogP contribution in [0.1, 0.15) is 23.0 Å². The summed E-state index contributed by atoms with van der Waals surface area (Å²) >= 11 is 0. The van der Waals surface area contributed by atoms with Crippen molar-refractivity contribution in [3.63, 3.8) is 0 Å². The van der Waals surface area contributed by atoms with Crippen molar-refractivity contribution < 1.29 is 22.7 Å². The van der Waals surface area contributed by atoms with Crippen LogP contribution in [0.3, 0.4) is 0 Å². The molecule has 0 bridgehead atoms. The Labute approximate surface area is 146 Å². The molecule has 1 aromatic carbocycles. The molecule has 6 nitrogen and oxygen atoms in total. The number of nitrogens with one attached hydrogen (secondary N) is 1. The van der Waals surface area contributed by atoms with Gasteiger partial charge in [-0.3, -0.25) is 4.98 Å². The fourth-order valence-electron chi connectivity index (χ4n) is 2.42. The zero-order chi connectivity index (χ0) is 18.7. The molecule has 0 saturated carbocycles. The van der Waals surface area contributed by atoms with Crippen molar-refractivity contribution in [2.45, 2.75) is 13.1 Å². The SMILES string of the molecule is CCOC(=O)c1n[nH]nc1-c1ccc(-c2ncccc2C(F)(F)F)cc1. The van der Waals surface area contributed by atoms with Gasteiger partial charge >= 0.3 is 12.1 Å². The average molecular weight is 362 g/mol. The number of carbonyl (C=O) groups excluding carboxylic acids is 1. The Bertz CT molecular complexity index is 920. The molecule has 2 aromatic heterocycles. The summed E-state index contributed by atoms with van der Waals surface area (Å²) in [6.45, 7) is 1.85. The highest BCUT2D eigenvalue weighted by Gasteiger charge is 2.34. The van der Waals surface area contributed by atoms with E-state index >= 15 is 0 Å². The number of alkyl halides is 3. The minimum atomic E-state index is -4.51. The predicted octanol–water partition coefficient (Wildman–Crippen LogP) is 3.73. The molecule has 1 N–H and O–H groups in total. The first-order chi connectivity index (χ1) is 12.4. The number of carbonyl (C=O) groups is 1. The fourth-order valence-corrected chi connectivity index (χ4v) is 2.42. The molecule has 0 radical (unpaired) electrons. The molecule has 134 valence electrons. The molecule has 9 heteroatoms. The molecule has 3 rings (SSSR count). The fraction of sp³-hybridized carbons (Fsp3) is 0.176. The Morgan fingerprint density at radius 2 is 1.73 bits per heavy atom. The van der Waals surface area contributed by atoms with Crippen LogP contribution in [-0.4, -0.2) is 33.0 Å². The average Bonchev–Trinajstić information content (AvgIpc) is 3.11. The van der Waals surface area contributed by atoms with E-state index in [2.05, 4.69) is 20.4 Å². The van der Waals surface area contributed by atoms with Gasteiger partial charge in [-0.25, -0.2) is 4.79 Å².